The van der Waals surface area contributed by atoms with Crippen LogP contribution in [0.2, 0.25) is 0 Å². The van der Waals surface area contributed by atoms with E-state index in [1.807, 2.05) is 6.92 Å². The van der Waals surface area contributed by atoms with Crippen LogP contribution >= 0.6 is 0 Å². The Labute approximate surface area is 116 Å². The molecular weight excluding hydrogens is 266 g/mol. The fraction of sp³-hybridized carbons (Fsp3) is 1.00. The molecule has 0 bridgehead atoms. The number of likely N-dealkylation sites (N-methyl/N-ethyl adjacent to an activating group) is 1. The maximum absolute atomic E-state index is 12.8. The van der Waals surface area contributed by atoms with E-state index < -0.39 is 10.2 Å². The van der Waals surface area contributed by atoms with Crippen LogP contribution < -0.4 is 5.73 Å². The van der Waals surface area contributed by atoms with Crippen molar-refractivity contribution in [1.29, 1.82) is 0 Å². The quantitative estimate of drug-likeness (QED) is 0.783. The second-order valence-corrected chi connectivity index (χ2v) is 7.17. The van der Waals surface area contributed by atoms with E-state index in [9.17, 15) is 8.42 Å². The van der Waals surface area contributed by atoms with Gasteiger partial charge in [-0.1, -0.05) is 19.8 Å². The van der Waals surface area contributed by atoms with E-state index in [1.54, 1.807) is 4.31 Å². The number of morpholine rings is 1. The molecule has 0 aromatic rings. The first kappa shape index (κ1) is 15.2. The van der Waals surface area contributed by atoms with Crippen LogP contribution in [-0.2, 0) is 14.9 Å². The maximum atomic E-state index is 12.8. The Hall–Kier alpha value is -0.210. The minimum absolute atomic E-state index is 0.369. The van der Waals surface area contributed by atoms with Gasteiger partial charge in [-0.05, 0) is 12.8 Å². The largest absolute Gasteiger partial charge is 0.379 e. The molecule has 112 valence electrons. The smallest absolute Gasteiger partial charge is 0.282 e. The summed E-state index contributed by atoms with van der Waals surface area (Å²) in [4.78, 5) is 0. The van der Waals surface area contributed by atoms with Gasteiger partial charge in [-0.2, -0.15) is 17.0 Å². The van der Waals surface area contributed by atoms with E-state index in [0.717, 1.165) is 25.7 Å². The zero-order valence-electron chi connectivity index (χ0n) is 11.7. The van der Waals surface area contributed by atoms with Gasteiger partial charge < -0.3 is 10.5 Å². The van der Waals surface area contributed by atoms with Crippen molar-refractivity contribution in [3.05, 3.63) is 0 Å². The fourth-order valence-corrected chi connectivity index (χ4v) is 5.21. The molecule has 0 aromatic heterocycles. The van der Waals surface area contributed by atoms with Crippen LogP contribution in [0.25, 0.3) is 0 Å². The summed E-state index contributed by atoms with van der Waals surface area (Å²) < 4.78 is 34.0. The Kier molecular flexibility index (Phi) is 4.84. The minimum atomic E-state index is -3.42. The lowest BCUT2D eigenvalue weighted by molar-refractivity contribution is 0.0666. The Morgan fingerprint density at radius 2 is 1.84 bits per heavy atom. The highest BCUT2D eigenvalue weighted by Gasteiger charge is 2.45. The third-order valence-corrected chi connectivity index (χ3v) is 6.53. The molecule has 0 spiro atoms. The van der Waals surface area contributed by atoms with Crippen molar-refractivity contribution in [3.8, 4) is 0 Å². The highest BCUT2D eigenvalue weighted by molar-refractivity contribution is 7.86. The van der Waals surface area contributed by atoms with Gasteiger partial charge in [0.05, 0.1) is 13.2 Å². The van der Waals surface area contributed by atoms with Gasteiger partial charge in [0.1, 0.15) is 0 Å². The molecule has 0 atom stereocenters. The van der Waals surface area contributed by atoms with E-state index in [-0.39, 0.29) is 5.54 Å². The molecule has 7 heteroatoms. The van der Waals surface area contributed by atoms with Crippen LogP contribution in [0, 0.1) is 0 Å². The van der Waals surface area contributed by atoms with Crippen LogP contribution in [0.5, 0.6) is 0 Å². The fourth-order valence-electron chi connectivity index (χ4n) is 3.25. The third-order valence-electron chi connectivity index (χ3n) is 4.31. The standard InChI is InChI=1S/C12H25N3O3S/c1-2-15(12(11-13)5-3-4-6-12)19(16,17)14-7-9-18-10-8-14/h2-11,13H2,1H3. The molecule has 1 aliphatic carbocycles. The lowest BCUT2D eigenvalue weighted by Gasteiger charge is -2.42. The van der Waals surface area contributed by atoms with E-state index in [0.29, 0.717) is 39.4 Å². The second kappa shape index (κ2) is 6.05. The van der Waals surface area contributed by atoms with Crippen molar-refractivity contribution in [3.63, 3.8) is 0 Å². The highest BCUT2D eigenvalue weighted by Crippen LogP contribution is 2.36. The van der Waals surface area contributed by atoms with Gasteiger partial charge >= 0.3 is 0 Å². The normalized spacial score (nSPS) is 25.0. The molecule has 6 nitrogen and oxygen atoms in total. The summed E-state index contributed by atoms with van der Waals surface area (Å²) in [5.74, 6) is 0. The second-order valence-electron chi connectivity index (χ2n) is 5.32. The molecule has 2 fully saturated rings. The molecule has 0 amide bonds. The summed E-state index contributed by atoms with van der Waals surface area (Å²) >= 11 is 0. The van der Waals surface area contributed by atoms with Crippen molar-refractivity contribution in [2.75, 3.05) is 39.4 Å². The first-order valence-electron chi connectivity index (χ1n) is 7.12. The Balaban J connectivity index is 2.24. The number of ether oxygens (including phenoxy) is 1. The molecule has 0 unspecified atom stereocenters. The Morgan fingerprint density at radius 3 is 2.32 bits per heavy atom. The van der Waals surface area contributed by atoms with Gasteiger partial charge in [-0.3, -0.25) is 0 Å². The molecular formula is C12H25N3O3S. The van der Waals surface area contributed by atoms with Crippen molar-refractivity contribution >= 4 is 10.2 Å². The average molecular weight is 291 g/mol. The predicted octanol–water partition coefficient (Wildman–Crippen LogP) is 0.157. The van der Waals surface area contributed by atoms with Crippen LogP contribution in [-0.4, -0.2) is 62.0 Å². The van der Waals surface area contributed by atoms with Gasteiger partial charge in [-0.15, -0.1) is 0 Å². The number of nitrogens with two attached hydrogens (primary N) is 1. The molecule has 1 heterocycles. The topological polar surface area (TPSA) is 75.9 Å². The summed E-state index contributed by atoms with van der Waals surface area (Å²) in [6.45, 7) is 4.63. The number of hydrogen-bond acceptors (Lipinski definition) is 4. The molecule has 2 aliphatic rings. The zero-order valence-corrected chi connectivity index (χ0v) is 12.5. The molecule has 0 aromatic carbocycles. The number of nitrogens with zero attached hydrogens (tertiary/aromatic N) is 2. The molecule has 1 saturated heterocycles. The van der Waals surface area contributed by atoms with E-state index in [1.165, 1.54) is 4.31 Å². The summed E-state index contributed by atoms with van der Waals surface area (Å²) in [5.41, 5.74) is 5.55. The minimum Gasteiger partial charge on any atom is -0.379 e. The van der Waals surface area contributed by atoms with Crippen molar-refractivity contribution < 1.29 is 13.2 Å². The van der Waals surface area contributed by atoms with Gasteiger partial charge in [0.25, 0.3) is 10.2 Å². The van der Waals surface area contributed by atoms with Gasteiger partial charge in [0.15, 0.2) is 0 Å². The molecule has 1 saturated carbocycles. The number of hydrogen-bond donors (Lipinski definition) is 1. The zero-order chi connectivity index (χ0) is 13.9. The maximum Gasteiger partial charge on any atom is 0.282 e. The first-order chi connectivity index (χ1) is 9.07. The summed E-state index contributed by atoms with van der Waals surface area (Å²) in [6.07, 6.45) is 3.88. The lowest BCUT2D eigenvalue weighted by atomic mass is 9.98. The van der Waals surface area contributed by atoms with Gasteiger partial charge in [0.2, 0.25) is 0 Å². The summed E-state index contributed by atoms with van der Waals surface area (Å²) in [5, 5.41) is 0. The SMILES string of the molecule is CCN(C1(CN)CCCC1)S(=O)(=O)N1CCOCC1. The van der Waals surface area contributed by atoms with Crippen LogP contribution in [0.3, 0.4) is 0 Å². The monoisotopic (exact) mass is 291 g/mol. The summed E-state index contributed by atoms with van der Waals surface area (Å²) in [7, 11) is -3.42. The van der Waals surface area contributed by atoms with Crippen LogP contribution in [0.4, 0.5) is 0 Å². The molecule has 2 rings (SSSR count). The van der Waals surface area contributed by atoms with Crippen LogP contribution in [0.15, 0.2) is 0 Å². The highest BCUT2D eigenvalue weighted by atomic mass is 32.2. The van der Waals surface area contributed by atoms with Gasteiger partial charge in [-0.25, -0.2) is 0 Å². The molecule has 0 radical (unpaired) electrons. The van der Waals surface area contributed by atoms with Crippen molar-refractivity contribution in [1.82, 2.24) is 8.61 Å². The lowest BCUT2D eigenvalue weighted by Crippen LogP contribution is -2.59. The van der Waals surface area contributed by atoms with Crippen molar-refractivity contribution in [2.24, 2.45) is 5.73 Å². The number of rotatable bonds is 5. The third kappa shape index (κ3) is 2.80. The van der Waals surface area contributed by atoms with Crippen molar-refractivity contribution in [2.45, 2.75) is 38.1 Å². The molecule has 19 heavy (non-hydrogen) atoms. The van der Waals surface area contributed by atoms with Gasteiger partial charge in [0, 0.05) is 31.7 Å². The van der Waals surface area contributed by atoms with Crippen LogP contribution in [0.1, 0.15) is 32.6 Å². The van der Waals surface area contributed by atoms with E-state index >= 15 is 0 Å². The first-order valence-corrected chi connectivity index (χ1v) is 8.52. The molecule has 1 aliphatic heterocycles. The predicted molar refractivity (Wildman–Crippen MR) is 73.9 cm³/mol. The molecule has 2 N–H and O–H groups in total. The van der Waals surface area contributed by atoms with E-state index in [2.05, 4.69) is 0 Å². The Morgan fingerprint density at radius 1 is 1.26 bits per heavy atom. The summed E-state index contributed by atoms with van der Waals surface area (Å²) in [6, 6.07) is 0. The van der Waals surface area contributed by atoms with E-state index in [4.69, 9.17) is 10.5 Å². The Bertz CT molecular complexity index is 387. The average Bonchev–Trinajstić information content (AvgIpc) is 2.90.